The van der Waals surface area contributed by atoms with E-state index in [1.165, 1.54) is 0 Å². The Morgan fingerprint density at radius 1 is 1.06 bits per heavy atom. The van der Waals surface area contributed by atoms with E-state index in [2.05, 4.69) is 0 Å². The van der Waals surface area contributed by atoms with Gasteiger partial charge in [-0.05, 0) is 30.7 Å². The number of hydrogen-bond acceptors (Lipinski definition) is 6. The molecular weight excluding hydrogens is 414 g/mol. The lowest BCUT2D eigenvalue weighted by atomic mass is 10.1. The fraction of sp³-hybridized carbons (Fsp3) is 0.348. The highest BCUT2D eigenvalue weighted by Gasteiger charge is 2.39. The number of carbonyl (C=O) groups excluding carboxylic acids is 2. The number of amidine groups is 1. The van der Waals surface area contributed by atoms with Crippen molar-refractivity contribution in [1.82, 2.24) is 4.90 Å². The van der Waals surface area contributed by atoms with Gasteiger partial charge in [0.25, 0.3) is 0 Å². The van der Waals surface area contributed by atoms with Crippen molar-refractivity contribution in [3.8, 4) is 11.5 Å². The van der Waals surface area contributed by atoms with Gasteiger partial charge in [-0.15, -0.1) is 0 Å². The molecule has 31 heavy (non-hydrogen) atoms. The quantitative estimate of drug-likeness (QED) is 0.735. The van der Waals surface area contributed by atoms with Gasteiger partial charge in [0, 0.05) is 37.0 Å². The Morgan fingerprint density at radius 2 is 1.87 bits per heavy atom. The number of hydrogen-bond donors (Lipinski definition) is 0. The smallest absolute Gasteiger partial charge is 0.233 e. The molecule has 8 heteroatoms. The predicted octanol–water partition coefficient (Wildman–Crippen LogP) is 3.46. The lowest BCUT2D eigenvalue weighted by molar-refractivity contribution is -0.132. The van der Waals surface area contributed by atoms with E-state index in [-0.39, 0.29) is 24.2 Å². The van der Waals surface area contributed by atoms with Gasteiger partial charge in [0.2, 0.25) is 11.8 Å². The maximum atomic E-state index is 13.4. The summed E-state index contributed by atoms with van der Waals surface area (Å²) in [6.45, 7) is 2.00. The Kier molecular flexibility index (Phi) is 5.55. The minimum Gasteiger partial charge on any atom is -0.486 e. The van der Waals surface area contributed by atoms with Crippen LogP contribution in [-0.2, 0) is 9.59 Å². The Labute approximate surface area is 185 Å². The van der Waals surface area contributed by atoms with E-state index >= 15 is 0 Å². The number of fused-ring (bicyclic) bond motifs is 1. The van der Waals surface area contributed by atoms with Crippen molar-refractivity contribution in [1.29, 1.82) is 0 Å². The summed E-state index contributed by atoms with van der Waals surface area (Å²) >= 11 is 1.59. The Bertz CT molecular complexity index is 1030. The highest BCUT2D eigenvalue weighted by atomic mass is 32.2. The molecule has 5 rings (SSSR count). The van der Waals surface area contributed by atoms with Gasteiger partial charge in [-0.25, -0.2) is 4.99 Å². The van der Waals surface area contributed by atoms with Crippen molar-refractivity contribution >= 4 is 40.1 Å². The normalized spacial score (nSPS) is 22.1. The standard InChI is InChI=1S/C23H23N3O4S/c27-21-13-16(15-26(21)18-7-8-19-20(14-18)30-11-10-29-19)22(28)25-9-4-12-31-23(25)24-17-5-2-1-3-6-17/h1-3,5-8,14,16H,4,9-13,15H2/t16-/m1/s1. The summed E-state index contributed by atoms with van der Waals surface area (Å²) in [5, 5.41) is 0.715. The first kappa shape index (κ1) is 19.9. The minimum absolute atomic E-state index is 0.0322. The third-order valence-electron chi connectivity index (χ3n) is 5.55. The van der Waals surface area contributed by atoms with E-state index in [0.29, 0.717) is 43.0 Å². The van der Waals surface area contributed by atoms with E-state index in [1.54, 1.807) is 21.6 Å². The molecule has 0 unspecified atom stereocenters. The Balaban J connectivity index is 1.34. The van der Waals surface area contributed by atoms with Gasteiger partial charge < -0.3 is 14.4 Å². The molecule has 0 spiro atoms. The first-order valence-electron chi connectivity index (χ1n) is 10.5. The fourth-order valence-corrected chi connectivity index (χ4v) is 4.98. The number of amides is 2. The minimum atomic E-state index is -0.389. The Morgan fingerprint density at radius 3 is 2.71 bits per heavy atom. The van der Waals surface area contributed by atoms with Gasteiger partial charge in [0.15, 0.2) is 16.7 Å². The first-order valence-corrected chi connectivity index (χ1v) is 11.5. The number of ether oxygens (including phenoxy) is 2. The van der Waals surface area contributed by atoms with Crippen LogP contribution in [0.15, 0.2) is 53.5 Å². The number of anilines is 1. The summed E-state index contributed by atoms with van der Waals surface area (Å²) in [6.07, 6.45) is 1.11. The molecule has 0 N–H and O–H groups in total. The van der Waals surface area contributed by atoms with Gasteiger partial charge >= 0.3 is 0 Å². The van der Waals surface area contributed by atoms with Crippen LogP contribution in [0, 0.1) is 5.92 Å². The summed E-state index contributed by atoms with van der Waals surface area (Å²) in [4.78, 5) is 34.2. The van der Waals surface area contributed by atoms with E-state index < -0.39 is 0 Å². The van der Waals surface area contributed by atoms with Crippen LogP contribution in [0.25, 0.3) is 0 Å². The number of benzene rings is 2. The molecule has 2 amide bonds. The molecule has 0 aromatic heterocycles. The lowest BCUT2D eigenvalue weighted by Gasteiger charge is -2.30. The maximum Gasteiger partial charge on any atom is 0.233 e. The van der Waals surface area contributed by atoms with Gasteiger partial charge in [-0.3, -0.25) is 14.5 Å². The molecule has 3 aliphatic heterocycles. The lowest BCUT2D eigenvalue weighted by Crippen LogP contribution is -2.43. The van der Waals surface area contributed by atoms with Crippen molar-refractivity contribution in [2.24, 2.45) is 10.9 Å². The summed E-state index contributed by atoms with van der Waals surface area (Å²) in [6, 6.07) is 15.1. The Hall–Kier alpha value is -3.00. The van der Waals surface area contributed by atoms with Crippen LogP contribution in [0.4, 0.5) is 11.4 Å². The molecule has 7 nitrogen and oxygen atoms in total. The van der Waals surface area contributed by atoms with E-state index in [0.717, 1.165) is 23.5 Å². The zero-order chi connectivity index (χ0) is 21.2. The van der Waals surface area contributed by atoms with Gasteiger partial charge in [0.05, 0.1) is 11.6 Å². The van der Waals surface area contributed by atoms with Gasteiger partial charge in [-0.1, -0.05) is 30.0 Å². The second kappa shape index (κ2) is 8.63. The van der Waals surface area contributed by atoms with Crippen LogP contribution in [0.2, 0.25) is 0 Å². The van der Waals surface area contributed by atoms with E-state index in [4.69, 9.17) is 14.5 Å². The van der Waals surface area contributed by atoms with Crippen LogP contribution in [0.1, 0.15) is 12.8 Å². The average Bonchev–Trinajstić information content (AvgIpc) is 3.21. The SMILES string of the molecule is O=C([C@@H]1CC(=O)N(c2ccc3c(c2)OCCO3)C1)N1CCCSC1=Nc1ccccc1. The second-order valence-electron chi connectivity index (χ2n) is 7.66. The zero-order valence-corrected chi connectivity index (χ0v) is 17.8. The largest absolute Gasteiger partial charge is 0.486 e. The monoisotopic (exact) mass is 437 g/mol. The molecule has 2 fully saturated rings. The second-order valence-corrected chi connectivity index (χ2v) is 8.72. The van der Waals surface area contributed by atoms with E-state index in [1.807, 2.05) is 48.5 Å². The summed E-state index contributed by atoms with van der Waals surface area (Å²) in [5.74, 6) is 1.77. The van der Waals surface area contributed by atoms with E-state index in [9.17, 15) is 9.59 Å². The molecule has 160 valence electrons. The van der Waals surface area contributed by atoms with Crippen molar-refractivity contribution in [2.75, 3.05) is 37.0 Å². The molecule has 0 radical (unpaired) electrons. The molecule has 2 saturated heterocycles. The highest BCUT2D eigenvalue weighted by molar-refractivity contribution is 8.13. The summed E-state index contributed by atoms with van der Waals surface area (Å²) in [7, 11) is 0. The number of aliphatic imine (C=N–C) groups is 1. The van der Waals surface area contributed by atoms with Crippen molar-refractivity contribution in [2.45, 2.75) is 12.8 Å². The molecule has 2 aromatic rings. The van der Waals surface area contributed by atoms with Crippen LogP contribution < -0.4 is 14.4 Å². The highest BCUT2D eigenvalue weighted by Crippen LogP contribution is 2.36. The fourth-order valence-electron chi connectivity index (χ4n) is 4.01. The van der Waals surface area contributed by atoms with Crippen LogP contribution in [0.5, 0.6) is 11.5 Å². The van der Waals surface area contributed by atoms with Crippen molar-refractivity contribution < 1.29 is 19.1 Å². The third-order valence-corrected chi connectivity index (χ3v) is 6.61. The molecule has 3 heterocycles. The number of carbonyl (C=O) groups is 2. The maximum absolute atomic E-state index is 13.4. The molecule has 0 bridgehead atoms. The molecule has 0 saturated carbocycles. The number of rotatable bonds is 3. The third kappa shape index (κ3) is 4.12. The van der Waals surface area contributed by atoms with Gasteiger partial charge in [0.1, 0.15) is 13.2 Å². The van der Waals surface area contributed by atoms with Crippen LogP contribution in [-0.4, -0.2) is 53.9 Å². The molecule has 0 aliphatic carbocycles. The number of para-hydroxylation sites is 1. The summed E-state index contributed by atoms with van der Waals surface area (Å²) in [5.41, 5.74) is 1.56. The molecule has 3 aliphatic rings. The molecule has 2 aromatic carbocycles. The van der Waals surface area contributed by atoms with Crippen LogP contribution >= 0.6 is 11.8 Å². The first-order chi connectivity index (χ1) is 15.2. The zero-order valence-electron chi connectivity index (χ0n) is 17.0. The summed E-state index contributed by atoms with van der Waals surface area (Å²) < 4.78 is 11.2. The topological polar surface area (TPSA) is 71.4 Å². The van der Waals surface area contributed by atoms with Crippen molar-refractivity contribution in [3.63, 3.8) is 0 Å². The number of nitrogens with zero attached hydrogens (tertiary/aromatic N) is 3. The predicted molar refractivity (Wildman–Crippen MR) is 120 cm³/mol. The number of thioether (sulfide) groups is 1. The van der Waals surface area contributed by atoms with Crippen LogP contribution in [0.3, 0.4) is 0 Å². The average molecular weight is 438 g/mol. The molecular formula is C23H23N3O4S. The molecule has 1 atom stereocenters. The van der Waals surface area contributed by atoms with Crippen molar-refractivity contribution in [3.05, 3.63) is 48.5 Å². The van der Waals surface area contributed by atoms with Gasteiger partial charge in [-0.2, -0.15) is 0 Å².